The molecule has 1 aliphatic heterocycles. The van der Waals surface area contributed by atoms with Crippen LogP contribution in [0.25, 0.3) is 0 Å². The Morgan fingerprint density at radius 3 is 2.74 bits per heavy atom. The maximum absolute atomic E-state index is 12.6. The van der Waals surface area contributed by atoms with Crippen LogP contribution in [0.3, 0.4) is 0 Å². The average Bonchev–Trinajstić information content (AvgIpc) is 2.76. The largest absolute Gasteiger partial charge is 0.408 e. The smallest absolute Gasteiger partial charge is 0.317 e. The topological polar surface area (TPSA) is 57.6 Å². The fraction of sp³-hybridized carbons (Fsp3) is 0.533. The highest BCUT2D eigenvalue weighted by atomic mass is 19.4. The zero-order chi connectivity index (χ0) is 16.9. The molecular weight excluding hydrogens is 309 g/mol. The number of hydrogen-bond donors (Lipinski definition) is 1. The molecule has 2 rings (SSSR count). The molecule has 23 heavy (non-hydrogen) atoms. The van der Waals surface area contributed by atoms with E-state index in [0.29, 0.717) is 29.4 Å². The second-order valence-electron chi connectivity index (χ2n) is 5.28. The SMILES string of the molecule is CCNCCC1=NN(CC(F)(F)F)C(=O)C1Cc1ccccn1. The molecule has 8 heteroatoms. The summed E-state index contributed by atoms with van der Waals surface area (Å²) in [4.78, 5) is 16.4. The van der Waals surface area contributed by atoms with E-state index in [4.69, 9.17) is 0 Å². The third-order valence-electron chi connectivity index (χ3n) is 3.48. The number of halogens is 3. The molecule has 0 fully saturated rings. The summed E-state index contributed by atoms with van der Waals surface area (Å²) in [6, 6.07) is 5.28. The highest BCUT2D eigenvalue weighted by Crippen LogP contribution is 2.25. The Bertz CT molecular complexity index is 560. The first-order chi connectivity index (χ1) is 10.9. The minimum atomic E-state index is -4.47. The molecule has 0 saturated carbocycles. The maximum Gasteiger partial charge on any atom is 0.408 e. The van der Waals surface area contributed by atoms with Gasteiger partial charge in [0.05, 0.1) is 11.6 Å². The van der Waals surface area contributed by atoms with Crippen LogP contribution in [0.2, 0.25) is 0 Å². The zero-order valence-corrected chi connectivity index (χ0v) is 12.8. The number of pyridine rings is 1. The number of carbonyl (C=O) groups excluding carboxylic acids is 1. The van der Waals surface area contributed by atoms with E-state index in [1.165, 1.54) is 0 Å². The van der Waals surface area contributed by atoms with Gasteiger partial charge in [-0.3, -0.25) is 9.78 Å². The molecule has 1 atom stereocenters. The van der Waals surface area contributed by atoms with Crippen molar-refractivity contribution in [2.45, 2.75) is 25.9 Å². The van der Waals surface area contributed by atoms with Crippen LogP contribution in [0.4, 0.5) is 13.2 Å². The number of nitrogens with zero attached hydrogens (tertiary/aromatic N) is 3. The molecule has 1 unspecified atom stereocenters. The Kier molecular flexibility index (Phi) is 5.70. The Labute approximate surface area is 132 Å². The summed E-state index contributed by atoms with van der Waals surface area (Å²) in [7, 11) is 0. The lowest BCUT2D eigenvalue weighted by Gasteiger charge is -2.16. The number of amides is 1. The van der Waals surface area contributed by atoms with Crippen molar-refractivity contribution in [2.24, 2.45) is 11.0 Å². The fourth-order valence-corrected chi connectivity index (χ4v) is 2.43. The van der Waals surface area contributed by atoms with E-state index in [1.54, 1.807) is 24.4 Å². The van der Waals surface area contributed by atoms with Gasteiger partial charge in [-0.2, -0.15) is 18.3 Å². The van der Waals surface area contributed by atoms with E-state index in [9.17, 15) is 18.0 Å². The third-order valence-corrected chi connectivity index (χ3v) is 3.48. The normalized spacial score (nSPS) is 18.4. The van der Waals surface area contributed by atoms with Gasteiger partial charge in [0.25, 0.3) is 5.91 Å². The highest BCUT2D eigenvalue weighted by Gasteiger charge is 2.41. The van der Waals surface area contributed by atoms with Gasteiger partial charge in [-0.05, 0) is 18.7 Å². The molecule has 0 saturated heterocycles. The summed E-state index contributed by atoms with van der Waals surface area (Å²) < 4.78 is 37.7. The summed E-state index contributed by atoms with van der Waals surface area (Å²) in [5.41, 5.74) is 1.14. The number of rotatable bonds is 7. The van der Waals surface area contributed by atoms with E-state index in [0.717, 1.165) is 6.54 Å². The quantitative estimate of drug-likeness (QED) is 0.779. The van der Waals surface area contributed by atoms with Gasteiger partial charge in [0.15, 0.2) is 0 Å². The number of alkyl halides is 3. The van der Waals surface area contributed by atoms with Crippen LogP contribution in [0.15, 0.2) is 29.5 Å². The number of hydrogen-bond acceptors (Lipinski definition) is 4. The van der Waals surface area contributed by atoms with E-state index < -0.39 is 24.5 Å². The van der Waals surface area contributed by atoms with Crippen LogP contribution in [0.5, 0.6) is 0 Å². The summed E-state index contributed by atoms with van der Waals surface area (Å²) >= 11 is 0. The fourth-order valence-electron chi connectivity index (χ4n) is 2.43. The Hall–Kier alpha value is -1.96. The van der Waals surface area contributed by atoms with Gasteiger partial charge < -0.3 is 5.32 Å². The molecular formula is C15H19F3N4O. The third kappa shape index (κ3) is 5.02. The van der Waals surface area contributed by atoms with Gasteiger partial charge in [0, 0.05) is 31.3 Å². The first-order valence-electron chi connectivity index (χ1n) is 7.47. The Morgan fingerprint density at radius 2 is 2.13 bits per heavy atom. The second-order valence-corrected chi connectivity index (χ2v) is 5.28. The molecule has 0 bridgehead atoms. The molecule has 2 heterocycles. The number of aromatic nitrogens is 1. The summed E-state index contributed by atoms with van der Waals surface area (Å²) in [6.07, 6.45) is -2.17. The minimum Gasteiger partial charge on any atom is -0.317 e. The van der Waals surface area contributed by atoms with Crippen molar-refractivity contribution in [3.05, 3.63) is 30.1 Å². The van der Waals surface area contributed by atoms with E-state index >= 15 is 0 Å². The number of hydrazone groups is 1. The molecule has 1 N–H and O–H groups in total. The van der Waals surface area contributed by atoms with Gasteiger partial charge in [-0.1, -0.05) is 13.0 Å². The molecule has 5 nitrogen and oxygen atoms in total. The van der Waals surface area contributed by atoms with Gasteiger partial charge >= 0.3 is 6.18 Å². The van der Waals surface area contributed by atoms with Crippen LogP contribution < -0.4 is 5.32 Å². The molecule has 0 aromatic carbocycles. The van der Waals surface area contributed by atoms with Crippen LogP contribution in [0, 0.1) is 5.92 Å². The molecule has 1 aliphatic rings. The van der Waals surface area contributed by atoms with E-state index in [1.807, 2.05) is 6.92 Å². The zero-order valence-electron chi connectivity index (χ0n) is 12.8. The van der Waals surface area contributed by atoms with E-state index in [2.05, 4.69) is 15.4 Å². The predicted molar refractivity (Wildman–Crippen MR) is 79.8 cm³/mol. The van der Waals surface area contributed by atoms with Crippen LogP contribution in [-0.2, 0) is 11.2 Å². The lowest BCUT2D eigenvalue weighted by atomic mass is 9.95. The molecule has 1 aromatic heterocycles. The Morgan fingerprint density at radius 1 is 1.35 bits per heavy atom. The van der Waals surface area contributed by atoms with Crippen LogP contribution >= 0.6 is 0 Å². The van der Waals surface area contributed by atoms with Gasteiger partial charge in [0.2, 0.25) is 0 Å². The molecule has 0 aliphatic carbocycles. The summed E-state index contributed by atoms with van der Waals surface area (Å²) in [5.74, 6) is -1.29. The summed E-state index contributed by atoms with van der Waals surface area (Å²) in [5, 5.41) is 7.54. The lowest BCUT2D eigenvalue weighted by Crippen LogP contribution is -2.36. The van der Waals surface area contributed by atoms with Crippen molar-refractivity contribution in [2.75, 3.05) is 19.6 Å². The van der Waals surface area contributed by atoms with E-state index in [-0.39, 0.29) is 6.42 Å². The second kappa shape index (κ2) is 7.54. The molecule has 1 aromatic rings. The number of nitrogens with one attached hydrogen (secondary N) is 1. The Balaban J connectivity index is 2.13. The first-order valence-corrected chi connectivity index (χ1v) is 7.47. The standard InChI is InChI=1S/C15H19F3N4O/c1-2-19-8-6-13-12(9-11-5-3-4-7-20-11)14(23)22(21-13)10-15(16,17)18/h3-5,7,12,19H,2,6,8-10H2,1H3. The molecule has 1 amide bonds. The molecule has 126 valence electrons. The minimum absolute atomic E-state index is 0.263. The average molecular weight is 328 g/mol. The molecule has 0 spiro atoms. The first kappa shape index (κ1) is 17.4. The van der Waals surface area contributed by atoms with Crippen molar-refractivity contribution in [3.63, 3.8) is 0 Å². The van der Waals surface area contributed by atoms with Crippen molar-refractivity contribution in [3.8, 4) is 0 Å². The maximum atomic E-state index is 12.6. The highest BCUT2D eigenvalue weighted by molar-refractivity contribution is 6.08. The van der Waals surface area contributed by atoms with Gasteiger partial charge in [0.1, 0.15) is 6.54 Å². The van der Waals surface area contributed by atoms with Gasteiger partial charge in [-0.15, -0.1) is 0 Å². The van der Waals surface area contributed by atoms with Crippen LogP contribution in [0.1, 0.15) is 19.0 Å². The van der Waals surface area contributed by atoms with Crippen molar-refractivity contribution < 1.29 is 18.0 Å². The number of carbonyl (C=O) groups is 1. The lowest BCUT2D eigenvalue weighted by molar-refractivity contribution is -0.160. The molecule has 0 radical (unpaired) electrons. The van der Waals surface area contributed by atoms with Crippen molar-refractivity contribution in [1.82, 2.24) is 15.3 Å². The predicted octanol–water partition coefficient (Wildman–Crippen LogP) is 2.00. The van der Waals surface area contributed by atoms with Crippen molar-refractivity contribution in [1.29, 1.82) is 0 Å². The summed E-state index contributed by atoms with van der Waals surface area (Å²) in [6.45, 7) is 1.90. The van der Waals surface area contributed by atoms with Crippen molar-refractivity contribution >= 4 is 11.6 Å². The van der Waals surface area contributed by atoms with Crippen LogP contribution in [-0.4, -0.2) is 47.4 Å². The monoisotopic (exact) mass is 328 g/mol. The van der Waals surface area contributed by atoms with Gasteiger partial charge in [-0.25, -0.2) is 5.01 Å².